The Morgan fingerprint density at radius 3 is 2.34 bits per heavy atom. The van der Waals surface area contributed by atoms with Crippen molar-refractivity contribution >= 4 is 16.1 Å². The Morgan fingerprint density at radius 2 is 1.72 bits per heavy atom. The van der Waals surface area contributed by atoms with Gasteiger partial charge in [-0.05, 0) is 43.9 Å². The quantitative estimate of drug-likeness (QED) is 0.313. The van der Waals surface area contributed by atoms with Gasteiger partial charge < -0.3 is 14.5 Å². The van der Waals surface area contributed by atoms with E-state index >= 15 is 0 Å². The number of esters is 1. The number of aromatic amines is 1. The molecule has 0 bridgehead atoms. The molecule has 0 saturated heterocycles. The van der Waals surface area contributed by atoms with Crippen molar-refractivity contribution in [1.82, 2.24) is 4.98 Å². The topological polar surface area (TPSA) is 94.7 Å². The van der Waals surface area contributed by atoms with Crippen molar-refractivity contribution < 1.29 is 31.3 Å². The minimum absolute atomic E-state index is 0.174. The summed E-state index contributed by atoms with van der Waals surface area (Å²) in [6.45, 7) is 2.56. The SMILES string of the molecule is CCOC(=O)c1[nH]cc(-c2ccc(OCCCCCCOS(C)(=O)=O)cc2)c1F. The highest BCUT2D eigenvalue weighted by molar-refractivity contribution is 7.85. The van der Waals surface area contributed by atoms with Crippen LogP contribution in [0.1, 0.15) is 43.1 Å². The van der Waals surface area contributed by atoms with Crippen LogP contribution in [-0.4, -0.2) is 45.4 Å². The van der Waals surface area contributed by atoms with E-state index in [1.807, 2.05) is 0 Å². The molecule has 1 aromatic heterocycles. The van der Waals surface area contributed by atoms with Crippen LogP contribution in [-0.2, 0) is 19.0 Å². The summed E-state index contributed by atoms with van der Waals surface area (Å²) >= 11 is 0. The zero-order valence-corrected chi connectivity index (χ0v) is 17.4. The van der Waals surface area contributed by atoms with Crippen molar-refractivity contribution in [2.75, 3.05) is 26.1 Å². The van der Waals surface area contributed by atoms with Gasteiger partial charge in [0.25, 0.3) is 10.1 Å². The summed E-state index contributed by atoms with van der Waals surface area (Å²) in [5.41, 5.74) is 0.715. The standard InChI is InChI=1S/C20H26FNO6S/c1-3-26-20(23)19-18(21)17(14-22-19)15-8-10-16(11-9-15)27-12-6-4-5-7-13-28-29(2,24)25/h8-11,14,22H,3-7,12-13H2,1-2H3. The van der Waals surface area contributed by atoms with Crippen LogP contribution in [0.3, 0.4) is 0 Å². The maximum Gasteiger partial charge on any atom is 0.357 e. The first-order chi connectivity index (χ1) is 13.8. The van der Waals surface area contributed by atoms with Gasteiger partial charge in [0.1, 0.15) is 5.75 Å². The highest BCUT2D eigenvalue weighted by Gasteiger charge is 2.19. The average molecular weight is 427 g/mol. The number of halogens is 1. The van der Waals surface area contributed by atoms with Gasteiger partial charge in [0, 0.05) is 11.8 Å². The van der Waals surface area contributed by atoms with Crippen molar-refractivity contribution in [2.45, 2.75) is 32.6 Å². The highest BCUT2D eigenvalue weighted by Crippen LogP contribution is 2.27. The summed E-state index contributed by atoms with van der Waals surface area (Å²) in [6, 6.07) is 6.93. The molecule has 1 N–H and O–H groups in total. The first-order valence-corrected chi connectivity index (χ1v) is 11.2. The molecule has 0 aliphatic rings. The lowest BCUT2D eigenvalue weighted by Gasteiger charge is -2.07. The van der Waals surface area contributed by atoms with Gasteiger partial charge in [-0.2, -0.15) is 8.42 Å². The number of ether oxygens (including phenoxy) is 2. The lowest BCUT2D eigenvalue weighted by molar-refractivity contribution is 0.0515. The van der Waals surface area contributed by atoms with Crippen molar-refractivity contribution in [2.24, 2.45) is 0 Å². The van der Waals surface area contributed by atoms with Crippen molar-refractivity contribution in [1.29, 1.82) is 0 Å². The third-order valence-electron chi connectivity index (χ3n) is 4.07. The molecule has 0 spiro atoms. The molecular weight excluding hydrogens is 401 g/mol. The summed E-state index contributed by atoms with van der Waals surface area (Å²) in [5, 5.41) is 0. The van der Waals surface area contributed by atoms with E-state index in [4.69, 9.17) is 9.47 Å². The monoisotopic (exact) mass is 427 g/mol. The molecule has 0 atom stereocenters. The second-order valence-electron chi connectivity index (χ2n) is 6.42. The van der Waals surface area contributed by atoms with Gasteiger partial charge in [-0.1, -0.05) is 18.6 Å². The van der Waals surface area contributed by atoms with Crippen LogP contribution in [0.15, 0.2) is 30.5 Å². The van der Waals surface area contributed by atoms with Crippen LogP contribution in [0.2, 0.25) is 0 Å². The van der Waals surface area contributed by atoms with Gasteiger partial charge in [-0.25, -0.2) is 9.18 Å². The second-order valence-corrected chi connectivity index (χ2v) is 8.07. The Bertz CT molecular complexity index is 892. The Labute approximate surface area is 170 Å². The van der Waals surface area contributed by atoms with E-state index < -0.39 is 21.9 Å². The number of unbranched alkanes of at least 4 members (excludes halogenated alkanes) is 3. The third-order valence-corrected chi connectivity index (χ3v) is 4.66. The van der Waals surface area contributed by atoms with Gasteiger partial charge in [-0.3, -0.25) is 4.18 Å². The molecule has 7 nitrogen and oxygen atoms in total. The van der Waals surface area contributed by atoms with Crippen LogP contribution in [0.25, 0.3) is 11.1 Å². The van der Waals surface area contributed by atoms with Gasteiger partial charge in [0.15, 0.2) is 11.5 Å². The summed E-state index contributed by atoms with van der Waals surface area (Å²) < 4.78 is 51.2. The van der Waals surface area contributed by atoms with Crippen molar-refractivity contribution in [3.05, 3.63) is 42.0 Å². The number of H-pyrrole nitrogens is 1. The first kappa shape index (κ1) is 22.9. The smallest absolute Gasteiger partial charge is 0.357 e. The van der Waals surface area contributed by atoms with Crippen LogP contribution in [0, 0.1) is 5.82 Å². The van der Waals surface area contributed by atoms with Crippen LogP contribution in [0.4, 0.5) is 4.39 Å². The number of benzene rings is 1. The first-order valence-electron chi connectivity index (χ1n) is 9.43. The maximum absolute atomic E-state index is 14.4. The summed E-state index contributed by atoms with van der Waals surface area (Å²) in [7, 11) is -3.36. The third kappa shape index (κ3) is 7.51. The van der Waals surface area contributed by atoms with Gasteiger partial charge in [-0.15, -0.1) is 0 Å². The molecular formula is C20H26FNO6S. The van der Waals surface area contributed by atoms with Gasteiger partial charge >= 0.3 is 5.97 Å². The molecule has 9 heteroatoms. The molecule has 160 valence electrons. The largest absolute Gasteiger partial charge is 0.494 e. The normalized spacial score (nSPS) is 11.4. The molecule has 2 rings (SSSR count). The Balaban J connectivity index is 1.76. The number of hydrogen-bond donors (Lipinski definition) is 1. The minimum Gasteiger partial charge on any atom is -0.494 e. The number of carbonyl (C=O) groups excluding carboxylic acids is 1. The van der Waals surface area contributed by atoms with Crippen LogP contribution >= 0.6 is 0 Å². The van der Waals surface area contributed by atoms with E-state index in [2.05, 4.69) is 9.17 Å². The van der Waals surface area contributed by atoms with Crippen LogP contribution < -0.4 is 4.74 Å². The zero-order valence-electron chi connectivity index (χ0n) is 16.6. The van der Waals surface area contributed by atoms with E-state index in [1.54, 1.807) is 31.2 Å². The fraction of sp³-hybridized carbons (Fsp3) is 0.450. The Kier molecular flexibility index (Phi) is 8.66. The van der Waals surface area contributed by atoms with Crippen molar-refractivity contribution in [3.8, 4) is 16.9 Å². The average Bonchev–Trinajstić information content (AvgIpc) is 3.05. The number of aromatic nitrogens is 1. The summed E-state index contributed by atoms with van der Waals surface area (Å²) in [4.78, 5) is 14.3. The maximum atomic E-state index is 14.4. The van der Waals surface area contributed by atoms with E-state index in [9.17, 15) is 17.6 Å². The molecule has 0 saturated carbocycles. The summed E-state index contributed by atoms with van der Waals surface area (Å²) in [6.07, 6.45) is 5.73. The Morgan fingerprint density at radius 1 is 1.07 bits per heavy atom. The lowest BCUT2D eigenvalue weighted by atomic mass is 10.1. The second kappa shape index (κ2) is 11.0. The predicted octanol–water partition coefficient (Wildman–Crippen LogP) is 3.91. The summed E-state index contributed by atoms with van der Waals surface area (Å²) in [5.74, 6) is -0.702. The van der Waals surface area contributed by atoms with E-state index in [0.717, 1.165) is 25.5 Å². The zero-order chi connectivity index (χ0) is 21.3. The fourth-order valence-corrected chi connectivity index (χ4v) is 3.08. The van der Waals surface area contributed by atoms with Crippen molar-refractivity contribution in [3.63, 3.8) is 0 Å². The molecule has 1 heterocycles. The van der Waals surface area contributed by atoms with E-state index in [-0.39, 0.29) is 24.5 Å². The number of nitrogens with one attached hydrogen (secondary N) is 1. The van der Waals surface area contributed by atoms with Gasteiger partial charge in [0.2, 0.25) is 0 Å². The minimum atomic E-state index is -3.36. The van der Waals surface area contributed by atoms with Gasteiger partial charge in [0.05, 0.1) is 26.1 Å². The molecule has 0 amide bonds. The molecule has 0 aliphatic heterocycles. The predicted molar refractivity (Wildman–Crippen MR) is 107 cm³/mol. The van der Waals surface area contributed by atoms with E-state index in [0.29, 0.717) is 24.3 Å². The molecule has 1 aromatic carbocycles. The van der Waals surface area contributed by atoms with Crippen LogP contribution in [0.5, 0.6) is 5.75 Å². The molecule has 2 aromatic rings. The Hall–Kier alpha value is -2.39. The number of carbonyl (C=O) groups is 1. The molecule has 0 fully saturated rings. The molecule has 29 heavy (non-hydrogen) atoms. The molecule has 0 radical (unpaired) electrons. The molecule has 0 aliphatic carbocycles. The lowest BCUT2D eigenvalue weighted by Crippen LogP contribution is -2.06. The fourth-order valence-electron chi connectivity index (χ4n) is 2.66. The molecule has 0 unspecified atom stereocenters. The van der Waals surface area contributed by atoms with E-state index in [1.165, 1.54) is 6.20 Å². The highest BCUT2D eigenvalue weighted by atomic mass is 32.2. The number of rotatable bonds is 12. The number of hydrogen-bond acceptors (Lipinski definition) is 6.